The van der Waals surface area contributed by atoms with Crippen molar-refractivity contribution < 1.29 is 8.42 Å². The van der Waals surface area contributed by atoms with Crippen molar-refractivity contribution >= 4 is 10.0 Å². The lowest BCUT2D eigenvalue weighted by Crippen LogP contribution is -2.23. The molecule has 0 bridgehead atoms. The fourth-order valence-electron chi connectivity index (χ4n) is 2.93. The molecular formula is C19H24N2O2S. The maximum absolute atomic E-state index is 12.5. The highest BCUT2D eigenvalue weighted by Crippen LogP contribution is 2.21. The van der Waals surface area contributed by atoms with Crippen LogP contribution >= 0.6 is 0 Å². The Kier molecular flexibility index (Phi) is 5.04. The maximum Gasteiger partial charge on any atom is 0.240 e. The molecule has 5 heteroatoms. The zero-order valence-electron chi connectivity index (χ0n) is 14.2. The molecule has 0 aliphatic carbocycles. The molecule has 4 nitrogen and oxygen atoms in total. The van der Waals surface area contributed by atoms with Gasteiger partial charge in [-0.2, -0.15) is 0 Å². The van der Waals surface area contributed by atoms with Gasteiger partial charge >= 0.3 is 0 Å². The second kappa shape index (κ2) is 7.05. The molecule has 1 unspecified atom stereocenters. The van der Waals surface area contributed by atoms with Gasteiger partial charge in [-0.1, -0.05) is 44.2 Å². The fourth-order valence-corrected chi connectivity index (χ4v) is 3.95. The molecule has 24 heavy (non-hydrogen) atoms. The van der Waals surface area contributed by atoms with Crippen LogP contribution in [0.3, 0.4) is 0 Å². The highest BCUT2D eigenvalue weighted by molar-refractivity contribution is 7.89. The van der Waals surface area contributed by atoms with Crippen LogP contribution < -0.4 is 10.0 Å². The first kappa shape index (κ1) is 17.1. The van der Waals surface area contributed by atoms with E-state index in [0.29, 0.717) is 17.4 Å². The smallest absolute Gasteiger partial charge is 0.240 e. The minimum atomic E-state index is -3.49. The number of hydrogen-bond donors (Lipinski definition) is 2. The van der Waals surface area contributed by atoms with Crippen LogP contribution in [0.25, 0.3) is 0 Å². The largest absolute Gasteiger partial charge is 0.309 e. The van der Waals surface area contributed by atoms with Gasteiger partial charge in [-0.3, -0.25) is 0 Å². The number of hydrogen-bond acceptors (Lipinski definition) is 3. The average molecular weight is 344 g/mol. The van der Waals surface area contributed by atoms with Crippen molar-refractivity contribution in [1.29, 1.82) is 0 Å². The summed E-state index contributed by atoms with van der Waals surface area (Å²) in [6, 6.07) is 13.3. The molecule has 0 aromatic heterocycles. The molecule has 2 aromatic rings. The third kappa shape index (κ3) is 3.69. The second-order valence-electron chi connectivity index (χ2n) is 6.41. The van der Waals surface area contributed by atoms with Gasteiger partial charge in [0, 0.05) is 19.6 Å². The molecule has 2 N–H and O–H groups in total. The van der Waals surface area contributed by atoms with Crippen LogP contribution in [0.1, 0.15) is 48.4 Å². The van der Waals surface area contributed by atoms with E-state index in [1.807, 2.05) is 18.2 Å². The number of rotatable bonds is 6. The van der Waals surface area contributed by atoms with Gasteiger partial charge in [0.25, 0.3) is 0 Å². The Bertz CT molecular complexity index is 814. The Morgan fingerprint density at radius 1 is 1.08 bits per heavy atom. The van der Waals surface area contributed by atoms with Crippen molar-refractivity contribution in [2.24, 2.45) is 0 Å². The highest BCUT2D eigenvalue weighted by atomic mass is 32.2. The van der Waals surface area contributed by atoms with E-state index in [9.17, 15) is 8.42 Å². The molecule has 1 atom stereocenters. The first-order valence-corrected chi connectivity index (χ1v) is 9.89. The van der Waals surface area contributed by atoms with Gasteiger partial charge in [-0.05, 0) is 46.7 Å². The van der Waals surface area contributed by atoms with E-state index in [4.69, 9.17) is 0 Å². The third-order valence-corrected chi connectivity index (χ3v) is 6.16. The van der Waals surface area contributed by atoms with E-state index >= 15 is 0 Å². The van der Waals surface area contributed by atoms with Gasteiger partial charge < -0.3 is 5.32 Å². The molecule has 0 saturated carbocycles. The molecular weight excluding hydrogens is 320 g/mol. The van der Waals surface area contributed by atoms with Crippen molar-refractivity contribution in [2.45, 2.75) is 50.7 Å². The van der Waals surface area contributed by atoms with Crippen LogP contribution in [0.15, 0.2) is 47.4 Å². The minimum Gasteiger partial charge on any atom is -0.309 e. The second-order valence-corrected chi connectivity index (χ2v) is 8.18. The summed E-state index contributed by atoms with van der Waals surface area (Å²) < 4.78 is 27.6. The van der Waals surface area contributed by atoms with Gasteiger partial charge in [0.05, 0.1) is 4.90 Å². The molecule has 0 radical (unpaired) electrons. The average Bonchev–Trinajstić information content (AvgIpc) is 3.07. The normalized spacial score (nSPS) is 15.2. The standard InChI is InChI=1S/C19H24N2O2S/c1-3-14(2)16-6-8-19(9-7-16)24(22,23)21-11-15-4-5-17-12-20-13-18(17)10-15/h4-10,14,20-21H,3,11-13H2,1-2H3. The number of fused-ring (bicyclic) bond motifs is 1. The number of nitrogens with one attached hydrogen (secondary N) is 2. The number of sulfonamides is 1. The van der Waals surface area contributed by atoms with Crippen molar-refractivity contribution in [3.05, 3.63) is 64.7 Å². The first-order chi connectivity index (χ1) is 11.5. The predicted octanol–water partition coefficient (Wildman–Crippen LogP) is 3.28. The van der Waals surface area contributed by atoms with E-state index < -0.39 is 10.0 Å². The van der Waals surface area contributed by atoms with Gasteiger partial charge in [-0.15, -0.1) is 0 Å². The molecule has 2 aromatic carbocycles. The molecule has 128 valence electrons. The first-order valence-electron chi connectivity index (χ1n) is 8.40. The van der Waals surface area contributed by atoms with Crippen LogP contribution in [-0.2, 0) is 29.7 Å². The Morgan fingerprint density at radius 2 is 1.79 bits per heavy atom. The molecule has 1 heterocycles. The summed E-state index contributed by atoms with van der Waals surface area (Å²) in [5.74, 6) is 0.440. The summed E-state index contributed by atoms with van der Waals surface area (Å²) in [4.78, 5) is 0.317. The monoisotopic (exact) mass is 344 g/mol. The lowest BCUT2D eigenvalue weighted by Gasteiger charge is -2.11. The summed E-state index contributed by atoms with van der Waals surface area (Å²) in [5.41, 5.74) is 4.70. The Morgan fingerprint density at radius 3 is 2.50 bits per heavy atom. The molecule has 0 amide bonds. The fraction of sp³-hybridized carbons (Fsp3) is 0.368. The zero-order chi connectivity index (χ0) is 17.2. The maximum atomic E-state index is 12.5. The van der Waals surface area contributed by atoms with Gasteiger partial charge in [0.1, 0.15) is 0 Å². The van der Waals surface area contributed by atoms with Crippen LogP contribution in [-0.4, -0.2) is 8.42 Å². The lowest BCUT2D eigenvalue weighted by atomic mass is 9.99. The van der Waals surface area contributed by atoms with E-state index in [-0.39, 0.29) is 0 Å². The van der Waals surface area contributed by atoms with E-state index in [0.717, 1.165) is 25.1 Å². The van der Waals surface area contributed by atoms with Crippen molar-refractivity contribution in [3.63, 3.8) is 0 Å². The topological polar surface area (TPSA) is 58.2 Å². The highest BCUT2D eigenvalue weighted by Gasteiger charge is 2.15. The lowest BCUT2D eigenvalue weighted by molar-refractivity contribution is 0.581. The summed E-state index contributed by atoms with van der Waals surface area (Å²) >= 11 is 0. The molecule has 0 spiro atoms. The SMILES string of the molecule is CCC(C)c1ccc(S(=O)(=O)NCc2ccc3c(c2)CNC3)cc1. The van der Waals surface area contributed by atoms with Crippen molar-refractivity contribution in [1.82, 2.24) is 10.0 Å². The summed E-state index contributed by atoms with van der Waals surface area (Å²) in [6.07, 6.45) is 1.04. The summed E-state index contributed by atoms with van der Waals surface area (Å²) in [7, 11) is -3.49. The Labute approximate surface area is 144 Å². The predicted molar refractivity (Wildman–Crippen MR) is 96.2 cm³/mol. The zero-order valence-corrected chi connectivity index (χ0v) is 15.0. The van der Waals surface area contributed by atoms with Gasteiger partial charge in [0.2, 0.25) is 10.0 Å². The van der Waals surface area contributed by atoms with Crippen LogP contribution in [0.4, 0.5) is 0 Å². The molecule has 1 aliphatic heterocycles. The molecule has 0 fully saturated rings. The van der Waals surface area contributed by atoms with Crippen molar-refractivity contribution in [2.75, 3.05) is 0 Å². The minimum absolute atomic E-state index is 0.308. The summed E-state index contributed by atoms with van der Waals surface area (Å²) in [5, 5.41) is 3.29. The molecule has 1 aliphatic rings. The van der Waals surface area contributed by atoms with E-state index in [2.05, 4.69) is 36.0 Å². The number of benzene rings is 2. The summed E-state index contributed by atoms with van der Waals surface area (Å²) in [6.45, 7) is 6.33. The van der Waals surface area contributed by atoms with Crippen LogP contribution in [0.5, 0.6) is 0 Å². The van der Waals surface area contributed by atoms with Crippen molar-refractivity contribution in [3.8, 4) is 0 Å². The van der Waals surface area contributed by atoms with Crippen LogP contribution in [0, 0.1) is 0 Å². The van der Waals surface area contributed by atoms with E-state index in [1.165, 1.54) is 16.7 Å². The Balaban J connectivity index is 1.69. The quantitative estimate of drug-likeness (QED) is 0.845. The van der Waals surface area contributed by atoms with Gasteiger partial charge in [0.15, 0.2) is 0 Å². The Hall–Kier alpha value is -1.69. The third-order valence-electron chi connectivity index (χ3n) is 4.74. The molecule has 0 saturated heterocycles. The molecule has 3 rings (SSSR count). The van der Waals surface area contributed by atoms with E-state index in [1.54, 1.807) is 12.1 Å². The van der Waals surface area contributed by atoms with Crippen LogP contribution in [0.2, 0.25) is 0 Å². The van der Waals surface area contributed by atoms with Gasteiger partial charge in [-0.25, -0.2) is 13.1 Å².